The number of amides is 1. The molecule has 0 atom stereocenters. The van der Waals surface area contributed by atoms with Gasteiger partial charge < -0.3 is 15.4 Å². The van der Waals surface area contributed by atoms with Crippen LogP contribution in [0.4, 0.5) is 5.69 Å². The molecule has 0 spiro atoms. The molecule has 3 N–H and O–H groups in total. The van der Waals surface area contributed by atoms with Gasteiger partial charge in [0.25, 0.3) is 0 Å². The minimum atomic E-state index is 0.0734. The van der Waals surface area contributed by atoms with E-state index in [9.17, 15) is 9.90 Å². The molecule has 82 valence electrons. The summed E-state index contributed by atoms with van der Waals surface area (Å²) in [5.74, 6) is 0.459. The minimum absolute atomic E-state index is 0.0734. The van der Waals surface area contributed by atoms with E-state index >= 15 is 0 Å². The molecule has 1 aromatic carbocycles. The Bertz CT molecular complexity index is 555. The van der Waals surface area contributed by atoms with Crippen LogP contribution in [0.25, 0.3) is 10.9 Å². The van der Waals surface area contributed by atoms with Crippen LogP contribution in [0.2, 0.25) is 0 Å². The maximum atomic E-state index is 11.6. The Hall–Kier alpha value is -1.97. The first-order chi connectivity index (χ1) is 7.74. The monoisotopic (exact) mass is 216 g/mol. The summed E-state index contributed by atoms with van der Waals surface area (Å²) in [5, 5.41) is 13.1. The molecule has 2 aromatic rings. The van der Waals surface area contributed by atoms with Gasteiger partial charge in [-0.15, -0.1) is 0 Å². The van der Waals surface area contributed by atoms with Crippen LogP contribution in [-0.2, 0) is 4.79 Å². The highest BCUT2D eigenvalue weighted by molar-refractivity contribution is 6.03. The lowest BCUT2D eigenvalue weighted by Gasteiger charge is -2.02. The fourth-order valence-electron chi connectivity index (χ4n) is 1.79. The van der Waals surface area contributed by atoms with E-state index in [-0.39, 0.29) is 17.6 Å². The number of fused-ring (bicyclic) bond motifs is 1. The van der Waals surface area contributed by atoms with Gasteiger partial charge in [0.05, 0.1) is 5.69 Å². The van der Waals surface area contributed by atoms with E-state index in [4.69, 9.17) is 0 Å². The molecule has 1 aromatic heterocycles. The lowest BCUT2D eigenvalue weighted by atomic mass is 10.2. The molecule has 0 aliphatic heterocycles. The Labute approximate surface area is 92.3 Å². The average molecular weight is 216 g/mol. The smallest absolute Gasteiger partial charge is 0.227 e. The number of aromatic amines is 1. The molecule has 1 aliphatic rings. The summed E-state index contributed by atoms with van der Waals surface area (Å²) < 4.78 is 0. The molecule has 4 heteroatoms. The molecule has 16 heavy (non-hydrogen) atoms. The zero-order valence-corrected chi connectivity index (χ0v) is 8.66. The molecule has 4 nitrogen and oxygen atoms in total. The number of rotatable bonds is 2. The Kier molecular flexibility index (Phi) is 1.89. The number of aromatic hydroxyl groups is 1. The summed E-state index contributed by atoms with van der Waals surface area (Å²) in [4.78, 5) is 14.7. The molecule has 0 bridgehead atoms. The van der Waals surface area contributed by atoms with Crippen molar-refractivity contribution in [1.82, 2.24) is 4.98 Å². The Morgan fingerprint density at radius 2 is 2.25 bits per heavy atom. The SMILES string of the molecule is O=C(Nc1c[nH]c2ccc(O)cc12)C1CC1. The van der Waals surface area contributed by atoms with E-state index in [0.717, 1.165) is 29.4 Å². The molecule has 1 fully saturated rings. The molecule has 3 rings (SSSR count). The number of benzene rings is 1. The summed E-state index contributed by atoms with van der Waals surface area (Å²) in [7, 11) is 0. The summed E-state index contributed by atoms with van der Waals surface area (Å²) in [6, 6.07) is 5.05. The van der Waals surface area contributed by atoms with Crippen molar-refractivity contribution >= 4 is 22.5 Å². The van der Waals surface area contributed by atoms with Gasteiger partial charge in [-0.1, -0.05) is 0 Å². The highest BCUT2D eigenvalue weighted by Crippen LogP contribution is 2.32. The zero-order valence-electron chi connectivity index (χ0n) is 8.66. The van der Waals surface area contributed by atoms with Crippen molar-refractivity contribution in [2.75, 3.05) is 5.32 Å². The second kappa shape index (κ2) is 3.27. The number of anilines is 1. The van der Waals surface area contributed by atoms with E-state index in [1.807, 2.05) is 0 Å². The van der Waals surface area contributed by atoms with Crippen molar-refractivity contribution in [3.63, 3.8) is 0 Å². The second-order valence-corrected chi connectivity index (χ2v) is 4.20. The summed E-state index contributed by atoms with van der Waals surface area (Å²) in [6.07, 6.45) is 3.73. The number of carbonyl (C=O) groups is 1. The number of phenolic OH excluding ortho intramolecular Hbond substituents is 1. The van der Waals surface area contributed by atoms with Crippen LogP contribution in [-0.4, -0.2) is 16.0 Å². The van der Waals surface area contributed by atoms with Crippen molar-refractivity contribution < 1.29 is 9.90 Å². The standard InChI is InChI=1S/C12H12N2O2/c15-8-3-4-10-9(5-8)11(6-13-10)14-12(16)7-1-2-7/h3-7,13,15H,1-2H2,(H,14,16). The second-order valence-electron chi connectivity index (χ2n) is 4.20. The van der Waals surface area contributed by atoms with Crippen LogP contribution >= 0.6 is 0 Å². The Morgan fingerprint density at radius 1 is 1.44 bits per heavy atom. The van der Waals surface area contributed by atoms with Gasteiger partial charge in [-0.3, -0.25) is 4.79 Å². The van der Waals surface area contributed by atoms with E-state index in [2.05, 4.69) is 10.3 Å². The van der Waals surface area contributed by atoms with Crippen molar-refractivity contribution in [2.45, 2.75) is 12.8 Å². The van der Waals surface area contributed by atoms with Gasteiger partial charge in [0.1, 0.15) is 5.75 Å². The van der Waals surface area contributed by atoms with Crippen LogP contribution in [0.15, 0.2) is 24.4 Å². The van der Waals surface area contributed by atoms with Crippen LogP contribution in [0.5, 0.6) is 5.75 Å². The predicted molar refractivity (Wildman–Crippen MR) is 61.3 cm³/mol. The largest absolute Gasteiger partial charge is 0.508 e. The van der Waals surface area contributed by atoms with E-state index in [1.165, 1.54) is 0 Å². The number of phenols is 1. The van der Waals surface area contributed by atoms with Gasteiger partial charge in [-0.05, 0) is 31.0 Å². The molecular formula is C12H12N2O2. The summed E-state index contributed by atoms with van der Waals surface area (Å²) in [6.45, 7) is 0. The molecular weight excluding hydrogens is 204 g/mol. The molecule has 1 amide bonds. The molecule has 0 unspecified atom stereocenters. The summed E-state index contributed by atoms with van der Waals surface area (Å²) in [5.41, 5.74) is 1.65. The van der Waals surface area contributed by atoms with Crippen LogP contribution < -0.4 is 5.32 Å². The Balaban J connectivity index is 1.96. The van der Waals surface area contributed by atoms with Crippen LogP contribution in [0.3, 0.4) is 0 Å². The van der Waals surface area contributed by atoms with Gasteiger partial charge >= 0.3 is 0 Å². The first kappa shape index (κ1) is 9.27. The van der Waals surface area contributed by atoms with Crippen molar-refractivity contribution in [2.24, 2.45) is 5.92 Å². The predicted octanol–water partition coefficient (Wildman–Crippen LogP) is 2.22. The number of nitrogens with one attached hydrogen (secondary N) is 2. The lowest BCUT2D eigenvalue weighted by molar-refractivity contribution is -0.117. The zero-order chi connectivity index (χ0) is 11.1. The average Bonchev–Trinajstić information content (AvgIpc) is 3.04. The lowest BCUT2D eigenvalue weighted by Crippen LogP contribution is -2.12. The van der Waals surface area contributed by atoms with E-state index in [0.29, 0.717) is 0 Å². The number of hydrogen-bond acceptors (Lipinski definition) is 2. The van der Waals surface area contributed by atoms with Crippen LogP contribution in [0.1, 0.15) is 12.8 Å². The third-order valence-corrected chi connectivity index (χ3v) is 2.87. The van der Waals surface area contributed by atoms with Crippen molar-refractivity contribution in [3.8, 4) is 5.75 Å². The van der Waals surface area contributed by atoms with E-state index < -0.39 is 0 Å². The third-order valence-electron chi connectivity index (χ3n) is 2.87. The summed E-state index contributed by atoms with van der Waals surface area (Å²) >= 11 is 0. The first-order valence-corrected chi connectivity index (χ1v) is 5.35. The highest BCUT2D eigenvalue weighted by Gasteiger charge is 2.29. The fraction of sp³-hybridized carbons (Fsp3) is 0.250. The molecule has 1 saturated carbocycles. The Morgan fingerprint density at radius 3 is 3.00 bits per heavy atom. The number of carbonyl (C=O) groups excluding carboxylic acids is 1. The first-order valence-electron chi connectivity index (χ1n) is 5.35. The molecule has 1 heterocycles. The van der Waals surface area contributed by atoms with Gasteiger partial charge in [0.2, 0.25) is 5.91 Å². The van der Waals surface area contributed by atoms with Crippen molar-refractivity contribution in [3.05, 3.63) is 24.4 Å². The molecule has 0 radical (unpaired) electrons. The third kappa shape index (κ3) is 1.52. The maximum absolute atomic E-state index is 11.6. The number of hydrogen-bond donors (Lipinski definition) is 3. The van der Waals surface area contributed by atoms with Gasteiger partial charge in [-0.25, -0.2) is 0 Å². The van der Waals surface area contributed by atoms with Gasteiger partial charge in [0, 0.05) is 23.0 Å². The van der Waals surface area contributed by atoms with E-state index in [1.54, 1.807) is 24.4 Å². The van der Waals surface area contributed by atoms with Gasteiger partial charge in [0.15, 0.2) is 0 Å². The highest BCUT2D eigenvalue weighted by atomic mass is 16.3. The quantitative estimate of drug-likeness (QED) is 0.720. The maximum Gasteiger partial charge on any atom is 0.227 e. The molecule has 1 aliphatic carbocycles. The van der Waals surface area contributed by atoms with Crippen molar-refractivity contribution in [1.29, 1.82) is 0 Å². The minimum Gasteiger partial charge on any atom is -0.508 e. The topological polar surface area (TPSA) is 65.1 Å². The fourth-order valence-corrected chi connectivity index (χ4v) is 1.79. The molecule has 0 saturated heterocycles. The van der Waals surface area contributed by atoms with Gasteiger partial charge in [-0.2, -0.15) is 0 Å². The van der Waals surface area contributed by atoms with Crippen LogP contribution in [0, 0.1) is 5.92 Å². The number of aromatic nitrogens is 1. The normalized spacial score (nSPS) is 15.2. The number of H-pyrrole nitrogens is 1.